The van der Waals surface area contributed by atoms with Gasteiger partial charge in [0, 0.05) is 41.4 Å². The highest BCUT2D eigenvalue weighted by Crippen LogP contribution is 2.25. The first kappa shape index (κ1) is 15.9. The van der Waals surface area contributed by atoms with E-state index in [9.17, 15) is 9.00 Å². The Morgan fingerprint density at radius 2 is 2.00 bits per heavy atom. The first-order valence-corrected chi connectivity index (χ1v) is 9.13. The topological polar surface area (TPSA) is 75.4 Å². The molecule has 1 saturated carbocycles. The highest BCUT2D eigenvalue weighted by Gasteiger charge is 2.36. The van der Waals surface area contributed by atoms with Gasteiger partial charge in [-0.15, -0.1) is 0 Å². The molecule has 1 amide bonds. The van der Waals surface area contributed by atoms with Crippen LogP contribution in [0.3, 0.4) is 0 Å². The molecule has 2 fully saturated rings. The third-order valence-corrected chi connectivity index (χ3v) is 5.59. The molecule has 1 aliphatic heterocycles. The minimum Gasteiger partial charge on any atom is -0.368 e. The lowest BCUT2D eigenvalue weighted by Crippen LogP contribution is -2.54. The van der Waals surface area contributed by atoms with Gasteiger partial charge in [0.1, 0.15) is 0 Å². The lowest BCUT2D eigenvalue weighted by Gasteiger charge is -2.29. The maximum absolute atomic E-state index is 11.6. The van der Waals surface area contributed by atoms with Crippen LogP contribution in [0.1, 0.15) is 39.0 Å². The summed E-state index contributed by atoms with van der Waals surface area (Å²) in [6.07, 6.45) is 5.20. The fourth-order valence-corrected chi connectivity index (χ4v) is 3.79. The van der Waals surface area contributed by atoms with Crippen LogP contribution in [-0.4, -0.2) is 57.7 Å². The van der Waals surface area contributed by atoms with E-state index in [0.29, 0.717) is 6.04 Å². The largest absolute Gasteiger partial charge is 0.368 e. The summed E-state index contributed by atoms with van der Waals surface area (Å²) in [5, 5.41) is 3.38. The van der Waals surface area contributed by atoms with Crippen molar-refractivity contribution in [3.05, 3.63) is 0 Å². The second-order valence-electron chi connectivity index (χ2n) is 6.26. The van der Waals surface area contributed by atoms with E-state index in [1.165, 1.54) is 0 Å². The first-order valence-electron chi connectivity index (χ1n) is 7.64. The van der Waals surface area contributed by atoms with Crippen LogP contribution in [-0.2, 0) is 15.6 Å². The third kappa shape index (κ3) is 4.82. The van der Waals surface area contributed by atoms with E-state index in [0.717, 1.165) is 63.2 Å². The lowest BCUT2D eigenvalue weighted by atomic mass is 9.93. The van der Waals surface area contributed by atoms with Crippen molar-refractivity contribution in [2.45, 2.75) is 50.6 Å². The Morgan fingerprint density at radius 3 is 2.55 bits per heavy atom. The van der Waals surface area contributed by atoms with Crippen LogP contribution >= 0.6 is 0 Å². The van der Waals surface area contributed by atoms with Crippen molar-refractivity contribution < 1.29 is 9.00 Å². The maximum Gasteiger partial charge on any atom is 0.237 e. The van der Waals surface area contributed by atoms with Crippen LogP contribution in [0.2, 0.25) is 0 Å². The van der Waals surface area contributed by atoms with Crippen molar-refractivity contribution in [1.29, 1.82) is 0 Å². The van der Waals surface area contributed by atoms with Gasteiger partial charge in [-0.3, -0.25) is 9.00 Å². The second-order valence-corrected chi connectivity index (χ2v) is 7.96. The van der Waals surface area contributed by atoms with E-state index in [1.54, 1.807) is 0 Å². The number of hydrogen-bond acceptors (Lipinski definition) is 4. The number of primary amides is 1. The molecule has 1 atom stereocenters. The van der Waals surface area contributed by atoms with Crippen LogP contribution < -0.4 is 11.1 Å². The molecule has 0 aromatic heterocycles. The average molecular weight is 301 g/mol. The van der Waals surface area contributed by atoms with Gasteiger partial charge in [0.15, 0.2) is 0 Å². The summed E-state index contributed by atoms with van der Waals surface area (Å²) >= 11 is 0. The molecule has 0 radical (unpaired) electrons. The smallest absolute Gasteiger partial charge is 0.237 e. The molecule has 1 aliphatic carbocycles. The Morgan fingerprint density at radius 1 is 1.35 bits per heavy atom. The van der Waals surface area contributed by atoms with Crippen LogP contribution in [0.5, 0.6) is 0 Å². The van der Waals surface area contributed by atoms with Gasteiger partial charge in [0.2, 0.25) is 5.91 Å². The monoisotopic (exact) mass is 301 g/mol. The zero-order chi connectivity index (χ0) is 14.6. The fourth-order valence-electron chi connectivity index (χ4n) is 2.66. The van der Waals surface area contributed by atoms with Crippen LogP contribution in [0.4, 0.5) is 0 Å². The summed E-state index contributed by atoms with van der Waals surface area (Å²) in [5.41, 5.74) is 4.99. The van der Waals surface area contributed by atoms with Crippen LogP contribution in [0.25, 0.3) is 0 Å². The number of carbonyl (C=O) groups is 1. The van der Waals surface area contributed by atoms with E-state index in [-0.39, 0.29) is 5.91 Å². The number of amides is 1. The number of nitrogens with two attached hydrogens (primary N) is 1. The molecule has 0 aromatic rings. The Balaban J connectivity index is 1.65. The molecule has 6 heteroatoms. The molecule has 0 bridgehead atoms. The van der Waals surface area contributed by atoms with Crippen LogP contribution in [0, 0.1) is 0 Å². The molecule has 20 heavy (non-hydrogen) atoms. The Kier molecular flexibility index (Phi) is 5.57. The third-order valence-electron chi connectivity index (χ3n) is 4.32. The molecule has 2 aliphatic rings. The Hall–Kier alpha value is -0.460. The van der Waals surface area contributed by atoms with Gasteiger partial charge in [-0.1, -0.05) is 0 Å². The first-order chi connectivity index (χ1) is 9.49. The van der Waals surface area contributed by atoms with E-state index in [1.807, 2.05) is 6.92 Å². The number of carbonyl (C=O) groups excluding carboxylic acids is 1. The number of unbranched alkanes of at least 4 members (excludes halogenated alkanes) is 1. The van der Waals surface area contributed by atoms with Crippen molar-refractivity contribution in [3.63, 3.8) is 0 Å². The summed E-state index contributed by atoms with van der Waals surface area (Å²) in [6, 6.07) is 0.490. The van der Waals surface area contributed by atoms with E-state index in [2.05, 4.69) is 10.2 Å². The lowest BCUT2D eigenvalue weighted by molar-refractivity contribution is -0.124. The number of rotatable bonds is 8. The molecule has 0 spiro atoms. The normalized spacial score (nSPS) is 24.4. The van der Waals surface area contributed by atoms with Crippen molar-refractivity contribution in [2.24, 2.45) is 5.73 Å². The number of nitrogens with one attached hydrogen (secondary N) is 1. The van der Waals surface area contributed by atoms with Gasteiger partial charge in [0.25, 0.3) is 0 Å². The summed E-state index contributed by atoms with van der Waals surface area (Å²) in [6.45, 7) is 4.85. The quantitative estimate of drug-likeness (QED) is 0.629. The molecule has 3 N–H and O–H groups in total. The predicted octanol–water partition coefficient (Wildman–Crippen LogP) is 0.217. The highest BCUT2D eigenvalue weighted by molar-refractivity contribution is 7.85. The summed E-state index contributed by atoms with van der Waals surface area (Å²) in [4.78, 5) is 14.0. The van der Waals surface area contributed by atoms with E-state index in [4.69, 9.17) is 5.73 Å². The van der Waals surface area contributed by atoms with Gasteiger partial charge in [0.05, 0.1) is 5.54 Å². The molecule has 116 valence electrons. The van der Waals surface area contributed by atoms with E-state index >= 15 is 0 Å². The van der Waals surface area contributed by atoms with Crippen LogP contribution in [0.15, 0.2) is 0 Å². The van der Waals surface area contributed by atoms with Gasteiger partial charge in [-0.25, -0.2) is 0 Å². The minimum atomic E-state index is -0.601. The number of hydrogen-bond donors (Lipinski definition) is 2. The van der Waals surface area contributed by atoms with E-state index < -0.39 is 16.3 Å². The average Bonchev–Trinajstić information content (AvgIpc) is 3.20. The molecule has 2 rings (SSSR count). The molecule has 1 saturated heterocycles. The van der Waals surface area contributed by atoms with Crippen molar-refractivity contribution in [2.75, 3.05) is 31.1 Å². The van der Waals surface area contributed by atoms with Gasteiger partial charge < -0.3 is 16.0 Å². The summed E-state index contributed by atoms with van der Waals surface area (Å²) < 4.78 is 11.3. The fraction of sp³-hybridized carbons (Fsp3) is 0.929. The predicted molar refractivity (Wildman–Crippen MR) is 81.9 cm³/mol. The maximum atomic E-state index is 11.6. The molecular weight excluding hydrogens is 274 g/mol. The Labute approximate surface area is 124 Å². The zero-order valence-electron chi connectivity index (χ0n) is 12.4. The number of nitrogens with zero attached hydrogens (tertiary/aromatic N) is 1. The standard InChI is InChI=1S/C14H27N3O2S/c1-14(13(15)18,16-12-4-5-12)6-2-3-7-17-8-10-20(19)11-9-17/h12,16H,2-11H2,1H3,(H2,15,18). The van der Waals surface area contributed by atoms with Gasteiger partial charge in [-0.05, 0) is 45.6 Å². The Bertz CT molecular complexity index is 363. The molecule has 0 aromatic carbocycles. The minimum absolute atomic E-state index is 0.238. The van der Waals surface area contributed by atoms with Gasteiger partial charge in [-0.2, -0.15) is 0 Å². The molecular formula is C14H27N3O2S. The van der Waals surface area contributed by atoms with Gasteiger partial charge >= 0.3 is 0 Å². The molecule has 5 nitrogen and oxygen atoms in total. The summed E-state index contributed by atoms with van der Waals surface area (Å²) in [5.74, 6) is 1.38. The van der Waals surface area contributed by atoms with Crippen molar-refractivity contribution in [1.82, 2.24) is 10.2 Å². The molecule has 1 heterocycles. The van der Waals surface area contributed by atoms with Crippen molar-refractivity contribution in [3.8, 4) is 0 Å². The summed E-state index contributed by atoms with van der Waals surface area (Å²) in [7, 11) is -0.601. The highest BCUT2D eigenvalue weighted by atomic mass is 32.2. The zero-order valence-corrected chi connectivity index (χ0v) is 13.2. The van der Waals surface area contributed by atoms with Crippen molar-refractivity contribution >= 4 is 16.7 Å². The SMILES string of the molecule is CC(CCCCN1CCS(=O)CC1)(NC1CC1)C(N)=O. The molecule has 1 unspecified atom stereocenters. The second kappa shape index (κ2) is 7.00.